The molecule has 0 fully saturated rings. The number of nitrogens with two attached hydrogens (primary N) is 1. The van der Waals surface area contributed by atoms with Crippen LogP contribution in [0.15, 0.2) is 37.7 Å². The summed E-state index contributed by atoms with van der Waals surface area (Å²) in [4.78, 5) is 22.4. The highest BCUT2D eigenvalue weighted by Gasteiger charge is 2.09. The molecular weight excluding hydrogens is 272 g/mol. The summed E-state index contributed by atoms with van der Waals surface area (Å²) in [5.41, 5.74) is 5.54. The molecule has 0 saturated carbocycles. The number of azo groups is 1. The van der Waals surface area contributed by atoms with E-state index in [1.165, 1.54) is 12.1 Å². The summed E-state index contributed by atoms with van der Waals surface area (Å²) in [5.74, 6) is -0.667. The van der Waals surface area contributed by atoms with Crippen LogP contribution in [-0.2, 0) is 0 Å². The number of aromatic amines is 1. The van der Waals surface area contributed by atoms with Gasteiger partial charge in [0.05, 0.1) is 22.0 Å². The number of carbonyl (C=O) groups is 1. The molecule has 0 spiro atoms. The van der Waals surface area contributed by atoms with E-state index in [0.29, 0.717) is 11.4 Å². The number of aryl methyl sites for hydroxylation is 1. The molecule has 0 aliphatic heterocycles. The number of hydrogen-bond acceptors (Lipinski definition) is 5. The number of rotatable bonds is 3. The van der Waals surface area contributed by atoms with Crippen LogP contribution in [0.3, 0.4) is 0 Å². The van der Waals surface area contributed by atoms with Crippen molar-refractivity contribution in [3.63, 3.8) is 0 Å². The van der Waals surface area contributed by atoms with Crippen LogP contribution in [-0.4, -0.2) is 11.1 Å². The van der Waals surface area contributed by atoms with Crippen LogP contribution in [0.5, 0.6) is 0 Å². The Morgan fingerprint density at radius 3 is 2.74 bits per heavy atom. The van der Waals surface area contributed by atoms with Crippen molar-refractivity contribution >= 4 is 28.9 Å². The summed E-state index contributed by atoms with van der Waals surface area (Å²) < 4.78 is 4.54. The minimum atomic E-state index is -0.667. The Balaban J connectivity index is 2.37. The van der Waals surface area contributed by atoms with Gasteiger partial charge in [-0.25, -0.2) is 9.95 Å². The lowest BCUT2D eigenvalue weighted by Gasteiger charge is -1.99. The molecule has 0 bridgehead atoms. The first-order valence-electron chi connectivity index (χ1n) is 5.18. The highest BCUT2D eigenvalue weighted by molar-refractivity contribution is 6.33. The van der Waals surface area contributed by atoms with Crippen LogP contribution >= 0.6 is 11.6 Å². The van der Waals surface area contributed by atoms with Gasteiger partial charge in [-0.1, -0.05) is 11.6 Å². The molecule has 8 heteroatoms. The number of primary amides is 1. The first-order valence-corrected chi connectivity index (χ1v) is 5.56. The lowest BCUT2D eigenvalue weighted by molar-refractivity contribution is 0.100. The molecule has 0 aliphatic carbocycles. The standard InChI is InChI=1S/C11H9ClN4O3/c1-5-9(11(18)19-16-5)15-14-6-2-3-8(12)7(4-6)10(13)17/h2-4,16H,1H3,(H2,13,17). The van der Waals surface area contributed by atoms with Gasteiger partial charge in [-0.15, -0.1) is 5.11 Å². The van der Waals surface area contributed by atoms with Crippen molar-refractivity contribution in [2.45, 2.75) is 6.92 Å². The van der Waals surface area contributed by atoms with E-state index < -0.39 is 11.5 Å². The van der Waals surface area contributed by atoms with E-state index in [9.17, 15) is 9.59 Å². The Labute approximate surface area is 112 Å². The van der Waals surface area contributed by atoms with Gasteiger partial charge < -0.3 is 10.3 Å². The molecule has 3 N–H and O–H groups in total. The molecule has 7 nitrogen and oxygen atoms in total. The fourth-order valence-corrected chi connectivity index (χ4v) is 1.57. The minimum Gasteiger partial charge on any atom is -0.366 e. The number of hydrogen-bond donors (Lipinski definition) is 2. The average Bonchev–Trinajstić information content (AvgIpc) is 2.68. The van der Waals surface area contributed by atoms with Crippen molar-refractivity contribution < 1.29 is 9.32 Å². The Bertz CT molecular complexity index is 717. The summed E-state index contributed by atoms with van der Waals surface area (Å²) in [6, 6.07) is 4.40. The third-order valence-electron chi connectivity index (χ3n) is 2.33. The number of amides is 1. The van der Waals surface area contributed by atoms with E-state index in [2.05, 4.69) is 19.9 Å². The predicted octanol–water partition coefficient (Wildman–Crippen LogP) is 2.44. The largest absolute Gasteiger partial charge is 0.384 e. The molecule has 1 aromatic heterocycles. The Kier molecular flexibility index (Phi) is 3.48. The molecule has 1 aromatic carbocycles. The van der Waals surface area contributed by atoms with Crippen LogP contribution in [0.2, 0.25) is 5.02 Å². The highest BCUT2D eigenvalue weighted by Crippen LogP contribution is 2.23. The van der Waals surface area contributed by atoms with Crippen LogP contribution in [0.25, 0.3) is 0 Å². The van der Waals surface area contributed by atoms with Gasteiger partial charge in [-0.2, -0.15) is 5.11 Å². The van der Waals surface area contributed by atoms with Gasteiger partial charge in [0.15, 0.2) is 5.69 Å². The van der Waals surface area contributed by atoms with Gasteiger partial charge in [-0.3, -0.25) is 4.79 Å². The first-order chi connectivity index (χ1) is 8.99. The lowest BCUT2D eigenvalue weighted by Crippen LogP contribution is -2.11. The maximum absolute atomic E-state index is 11.2. The summed E-state index contributed by atoms with van der Waals surface area (Å²) in [7, 11) is 0. The van der Waals surface area contributed by atoms with E-state index >= 15 is 0 Å². The number of nitrogens with zero attached hydrogens (tertiary/aromatic N) is 2. The zero-order valence-electron chi connectivity index (χ0n) is 9.81. The second-order valence-electron chi connectivity index (χ2n) is 3.69. The third kappa shape index (κ3) is 2.71. The monoisotopic (exact) mass is 280 g/mol. The number of H-pyrrole nitrogens is 1. The fraction of sp³-hybridized carbons (Fsp3) is 0.0909. The van der Waals surface area contributed by atoms with E-state index in [0.717, 1.165) is 0 Å². The lowest BCUT2D eigenvalue weighted by atomic mass is 10.2. The van der Waals surface area contributed by atoms with Crippen molar-refractivity contribution in [2.75, 3.05) is 0 Å². The summed E-state index contributed by atoms with van der Waals surface area (Å²) >= 11 is 5.80. The molecule has 1 amide bonds. The Morgan fingerprint density at radius 2 is 2.16 bits per heavy atom. The SMILES string of the molecule is Cc1[nH]oc(=O)c1N=Nc1ccc(Cl)c(C(N)=O)c1. The van der Waals surface area contributed by atoms with Crippen LogP contribution in [0, 0.1) is 6.92 Å². The highest BCUT2D eigenvalue weighted by atomic mass is 35.5. The molecule has 0 aliphatic rings. The van der Waals surface area contributed by atoms with Crippen molar-refractivity contribution in [1.29, 1.82) is 0 Å². The quantitative estimate of drug-likeness (QED) is 0.841. The van der Waals surface area contributed by atoms with E-state index in [1.54, 1.807) is 13.0 Å². The Morgan fingerprint density at radius 1 is 1.42 bits per heavy atom. The normalized spacial score (nSPS) is 11.1. The fourth-order valence-electron chi connectivity index (χ4n) is 1.36. The number of benzene rings is 1. The number of aromatic nitrogens is 1. The van der Waals surface area contributed by atoms with Gasteiger partial charge >= 0.3 is 5.63 Å². The molecule has 1 heterocycles. The average molecular weight is 281 g/mol. The second kappa shape index (κ2) is 5.07. The minimum absolute atomic E-state index is 0.0653. The maximum Gasteiger partial charge on any atom is 0.384 e. The third-order valence-corrected chi connectivity index (χ3v) is 2.66. The first kappa shape index (κ1) is 13.0. The van der Waals surface area contributed by atoms with Crippen LogP contribution in [0.4, 0.5) is 11.4 Å². The molecule has 19 heavy (non-hydrogen) atoms. The van der Waals surface area contributed by atoms with Crippen molar-refractivity contribution in [1.82, 2.24) is 5.16 Å². The van der Waals surface area contributed by atoms with Gasteiger partial charge in [0.25, 0.3) is 0 Å². The molecule has 2 rings (SSSR count). The van der Waals surface area contributed by atoms with Crippen molar-refractivity contribution in [3.8, 4) is 0 Å². The van der Waals surface area contributed by atoms with Crippen molar-refractivity contribution in [2.24, 2.45) is 16.0 Å². The van der Waals surface area contributed by atoms with Crippen LogP contribution < -0.4 is 11.4 Å². The molecule has 0 saturated heterocycles. The molecular formula is C11H9ClN4O3. The van der Waals surface area contributed by atoms with E-state index in [4.69, 9.17) is 17.3 Å². The van der Waals surface area contributed by atoms with Crippen molar-refractivity contribution in [3.05, 3.63) is 44.9 Å². The van der Waals surface area contributed by atoms with Crippen LogP contribution in [0.1, 0.15) is 16.1 Å². The van der Waals surface area contributed by atoms with Gasteiger partial charge in [0.2, 0.25) is 5.91 Å². The van der Waals surface area contributed by atoms with E-state index in [1.807, 2.05) is 0 Å². The number of nitrogens with one attached hydrogen (secondary N) is 1. The molecule has 0 atom stereocenters. The maximum atomic E-state index is 11.2. The van der Waals surface area contributed by atoms with Gasteiger partial charge in [0, 0.05) is 0 Å². The zero-order chi connectivity index (χ0) is 14.0. The molecule has 98 valence electrons. The zero-order valence-corrected chi connectivity index (χ0v) is 10.6. The topological polar surface area (TPSA) is 114 Å². The van der Waals surface area contributed by atoms with E-state index in [-0.39, 0.29) is 16.3 Å². The summed E-state index contributed by atoms with van der Waals surface area (Å²) in [6.45, 7) is 1.62. The molecule has 0 radical (unpaired) electrons. The smallest absolute Gasteiger partial charge is 0.366 e. The molecule has 0 unspecified atom stereocenters. The second-order valence-corrected chi connectivity index (χ2v) is 4.10. The van der Waals surface area contributed by atoms with Gasteiger partial charge in [-0.05, 0) is 25.1 Å². The summed E-state index contributed by atoms with van der Waals surface area (Å²) in [5, 5.41) is 10.2. The Hall–Kier alpha value is -2.41. The van der Waals surface area contributed by atoms with Gasteiger partial charge in [0.1, 0.15) is 0 Å². The molecule has 2 aromatic rings. The number of carbonyl (C=O) groups excluding carboxylic acids is 1. The summed E-state index contributed by atoms with van der Waals surface area (Å²) in [6.07, 6.45) is 0. The number of halogens is 1. The predicted molar refractivity (Wildman–Crippen MR) is 68.2 cm³/mol.